The van der Waals surface area contributed by atoms with Crippen molar-refractivity contribution >= 4 is 5.91 Å². The number of hydrogen-bond acceptors (Lipinski definition) is 6. The number of para-hydroxylation sites is 1. The van der Waals surface area contributed by atoms with Crippen LogP contribution in [0.5, 0.6) is 17.2 Å². The fourth-order valence-corrected chi connectivity index (χ4v) is 3.16. The first-order valence-electron chi connectivity index (χ1n) is 10.7. The van der Waals surface area contributed by atoms with Crippen molar-refractivity contribution in [2.45, 2.75) is 32.9 Å². The lowest BCUT2D eigenvalue weighted by atomic mass is 10.2. The van der Waals surface area contributed by atoms with E-state index >= 15 is 0 Å². The third-order valence-electron chi connectivity index (χ3n) is 4.99. The second-order valence-electron chi connectivity index (χ2n) is 7.55. The van der Waals surface area contributed by atoms with E-state index in [4.69, 9.17) is 13.9 Å². The predicted octanol–water partition coefficient (Wildman–Crippen LogP) is 5.06. The lowest BCUT2D eigenvalue weighted by Crippen LogP contribution is -2.23. The van der Waals surface area contributed by atoms with Crippen LogP contribution in [0.1, 0.15) is 35.8 Å². The van der Waals surface area contributed by atoms with Crippen LogP contribution in [0.3, 0.4) is 0 Å². The maximum absolute atomic E-state index is 12.7. The van der Waals surface area contributed by atoms with Gasteiger partial charge >= 0.3 is 6.61 Å². The van der Waals surface area contributed by atoms with E-state index in [1.54, 1.807) is 36.4 Å². The van der Waals surface area contributed by atoms with Gasteiger partial charge in [0.05, 0.1) is 31.0 Å². The number of amides is 1. The van der Waals surface area contributed by atoms with Crippen molar-refractivity contribution in [3.63, 3.8) is 0 Å². The molecule has 0 atom stereocenters. The number of aromatic nitrogens is 1. The van der Waals surface area contributed by atoms with E-state index in [2.05, 4.69) is 15.0 Å². The summed E-state index contributed by atoms with van der Waals surface area (Å²) in [5.74, 6) is 1.09. The average molecular weight is 458 g/mol. The van der Waals surface area contributed by atoms with Crippen LogP contribution in [-0.2, 0) is 6.54 Å². The number of nitrogens with zero attached hydrogens (tertiary/aromatic N) is 1. The topological polar surface area (TPSA) is 82.8 Å². The normalized spacial score (nSPS) is 13.1. The van der Waals surface area contributed by atoms with Crippen molar-refractivity contribution in [2.75, 3.05) is 13.2 Å². The van der Waals surface area contributed by atoms with Crippen LogP contribution in [-0.4, -0.2) is 30.7 Å². The van der Waals surface area contributed by atoms with Crippen molar-refractivity contribution in [3.8, 4) is 28.7 Å². The summed E-state index contributed by atoms with van der Waals surface area (Å²) < 4.78 is 46.7. The average Bonchev–Trinajstić information content (AvgIpc) is 3.52. The Balaban J connectivity index is 1.44. The summed E-state index contributed by atoms with van der Waals surface area (Å²) in [5, 5.41) is 2.79. The molecule has 4 rings (SSSR count). The molecule has 0 saturated heterocycles. The molecule has 1 aliphatic rings. The summed E-state index contributed by atoms with van der Waals surface area (Å²) >= 11 is 0. The van der Waals surface area contributed by atoms with Gasteiger partial charge in [0.2, 0.25) is 5.89 Å². The summed E-state index contributed by atoms with van der Waals surface area (Å²) in [5.41, 5.74) is 1.47. The molecule has 1 aromatic heterocycles. The maximum Gasteiger partial charge on any atom is 0.387 e. The lowest BCUT2D eigenvalue weighted by molar-refractivity contribution is -0.0515. The molecule has 0 aliphatic heterocycles. The Kier molecular flexibility index (Phi) is 7.07. The number of halogens is 2. The van der Waals surface area contributed by atoms with Crippen molar-refractivity contribution in [2.24, 2.45) is 5.92 Å². The molecular formula is C24H24F2N2O5. The minimum absolute atomic E-state index is 0.0404. The standard InChI is InChI=1S/C24H24F2N2O5/c1-2-30-19-6-4-3-5-18(19)22(29)27-12-17-14-32-23(28-17)16-9-10-20(33-24(25)26)21(11-16)31-13-15-7-8-15/h3-6,9-11,14-15,24H,2,7-8,12-13H2,1H3,(H,27,29). The number of carbonyl (C=O) groups excluding carboxylic acids is 1. The van der Waals surface area contributed by atoms with Gasteiger partial charge < -0.3 is 23.9 Å². The highest BCUT2D eigenvalue weighted by atomic mass is 19.3. The van der Waals surface area contributed by atoms with Crippen LogP contribution in [0.25, 0.3) is 11.5 Å². The predicted molar refractivity (Wildman–Crippen MR) is 116 cm³/mol. The number of benzene rings is 2. The van der Waals surface area contributed by atoms with Gasteiger partial charge in [0.1, 0.15) is 12.0 Å². The number of ether oxygens (including phenoxy) is 3. The zero-order valence-electron chi connectivity index (χ0n) is 18.1. The molecule has 0 spiro atoms. The molecule has 1 saturated carbocycles. The number of nitrogens with one attached hydrogen (secondary N) is 1. The van der Waals surface area contributed by atoms with E-state index in [0.717, 1.165) is 12.8 Å². The van der Waals surface area contributed by atoms with Gasteiger partial charge in [0.15, 0.2) is 11.5 Å². The van der Waals surface area contributed by atoms with Crippen LogP contribution in [0.15, 0.2) is 53.1 Å². The molecule has 1 N–H and O–H groups in total. The molecule has 2 aromatic carbocycles. The molecule has 1 amide bonds. The van der Waals surface area contributed by atoms with Crippen molar-refractivity contribution in [1.82, 2.24) is 10.3 Å². The third kappa shape index (κ3) is 6.00. The summed E-state index contributed by atoms with van der Waals surface area (Å²) in [6.07, 6.45) is 3.56. The first-order valence-corrected chi connectivity index (χ1v) is 10.7. The number of hydrogen-bond donors (Lipinski definition) is 1. The van der Waals surface area contributed by atoms with Gasteiger partial charge in [-0.05, 0) is 56.0 Å². The minimum atomic E-state index is -2.95. The molecule has 7 nitrogen and oxygen atoms in total. The Morgan fingerprint density at radius 2 is 1.97 bits per heavy atom. The van der Waals surface area contributed by atoms with E-state index in [1.165, 1.54) is 12.3 Å². The summed E-state index contributed by atoms with van der Waals surface area (Å²) in [6, 6.07) is 11.5. The van der Waals surface area contributed by atoms with Crippen LogP contribution >= 0.6 is 0 Å². The van der Waals surface area contributed by atoms with Crippen LogP contribution in [0, 0.1) is 5.92 Å². The SMILES string of the molecule is CCOc1ccccc1C(=O)NCc1coc(-c2ccc(OC(F)F)c(OCC3CC3)c2)n1. The first-order chi connectivity index (χ1) is 16.0. The summed E-state index contributed by atoms with van der Waals surface area (Å²) in [6.45, 7) is -0.0795. The molecule has 174 valence electrons. The molecule has 0 radical (unpaired) electrons. The molecule has 9 heteroatoms. The molecule has 0 unspecified atom stereocenters. The quantitative estimate of drug-likeness (QED) is 0.433. The van der Waals surface area contributed by atoms with E-state index in [1.807, 2.05) is 6.92 Å². The maximum atomic E-state index is 12.7. The highest BCUT2D eigenvalue weighted by molar-refractivity contribution is 5.96. The zero-order chi connectivity index (χ0) is 23.2. The van der Waals surface area contributed by atoms with Gasteiger partial charge in [0.25, 0.3) is 5.91 Å². The molecule has 1 heterocycles. The van der Waals surface area contributed by atoms with Crippen LogP contribution < -0.4 is 19.5 Å². The van der Waals surface area contributed by atoms with Crippen molar-refractivity contribution < 1.29 is 32.2 Å². The van der Waals surface area contributed by atoms with E-state index in [0.29, 0.717) is 41.7 Å². The first kappa shape index (κ1) is 22.6. The minimum Gasteiger partial charge on any atom is -0.493 e. The Labute approximate surface area is 189 Å². The Hall–Kier alpha value is -3.62. The van der Waals surface area contributed by atoms with E-state index < -0.39 is 6.61 Å². The molecule has 1 aliphatic carbocycles. The van der Waals surface area contributed by atoms with Gasteiger partial charge in [-0.2, -0.15) is 8.78 Å². The Bertz CT molecular complexity index is 1100. The van der Waals surface area contributed by atoms with Gasteiger partial charge in [-0.1, -0.05) is 12.1 Å². The smallest absolute Gasteiger partial charge is 0.387 e. The largest absolute Gasteiger partial charge is 0.493 e. The molecule has 33 heavy (non-hydrogen) atoms. The Morgan fingerprint density at radius 3 is 2.73 bits per heavy atom. The molecule has 1 fully saturated rings. The van der Waals surface area contributed by atoms with Gasteiger partial charge in [-0.25, -0.2) is 4.98 Å². The second-order valence-corrected chi connectivity index (χ2v) is 7.55. The fraction of sp³-hybridized carbons (Fsp3) is 0.333. The van der Waals surface area contributed by atoms with E-state index in [9.17, 15) is 13.6 Å². The molecular weight excluding hydrogens is 434 g/mol. The molecule has 0 bridgehead atoms. The van der Waals surface area contributed by atoms with Crippen LogP contribution in [0.2, 0.25) is 0 Å². The van der Waals surface area contributed by atoms with E-state index in [-0.39, 0.29) is 29.8 Å². The van der Waals surface area contributed by atoms with Crippen molar-refractivity contribution in [1.29, 1.82) is 0 Å². The monoisotopic (exact) mass is 458 g/mol. The fourth-order valence-electron chi connectivity index (χ4n) is 3.16. The summed E-state index contributed by atoms with van der Waals surface area (Å²) in [7, 11) is 0. The zero-order valence-corrected chi connectivity index (χ0v) is 18.1. The number of alkyl halides is 2. The van der Waals surface area contributed by atoms with Gasteiger partial charge in [-0.15, -0.1) is 0 Å². The highest BCUT2D eigenvalue weighted by Crippen LogP contribution is 2.36. The van der Waals surface area contributed by atoms with Crippen LogP contribution in [0.4, 0.5) is 8.78 Å². The highest BCUT2D eigenvalue weighted by Gasteiger charge is 2.23. The number of oxazole rings is 1. The molecule has 3 aromatic rings. The third-order valence-corrected chi connectivity index (χ3v) is 4.99. The van der Waals surface area contributed by atoms with Gasteiger partial charge in [-0.3, -0.25) is 4.79 Å². The van der Waals surface area contributed by atoms with Gasteiger partial charge in [0, 0.05) is 5.56 Å². The number of carbonyl (C=O) groups is 1. The summed E-state index contributed by atoms with van der Waals surface area (Å²) in [4.78, 5) is 16.9. The van der Waals surface area contributed by atoms with Crippen molar-refractivity contribution in [3.05, 3.63) is 60.0 Å². The number of rotatable bonds is 11. The lowest BCUT2D eigenvalue weighted by Gasteiger charge is -2.12. The second kappa shape index (κ2) is 10.3. The Morgan fingerprint density at radius 1 is 1.15 bits per heavy atom.